The minimum Gasteiger partial charge on any atom is -0.337 e. The van der Waals surface area contributed by atoms with Gasteiger partial charge in [0.2, 0.25) is 5.91 Å². The lowest BCUT2D eigenvalue weighted by atomic mass is 10.2. The summed E-state index contributed by atoms with van der Waals surface area (Å²) in [4.78, 5) is 20.3. The molecule has 4 rings (SSSR count). The Morgan fingerprint density at radius 2 is 1.47 bits per heavy atom. The van der Waals surface area contributed by atoms with E-state index in [0.29, 0.717) is 16.7 Å². The molecular weight excluding hydrogens is 426 g/mol. The number of amides is 1. The number of hydrogen-bond donors (Lipinski definition) is 3. The first-order valence-corrected chi connectivity index (χ1v) is 11.3. The third-order valence-electron chi connectivity index (χ3n) is 4.57. The SMILES string of the molecule is CC(=O)Nc1ccc(S(=O)(=O)Nc2nc3ccccc3nc2Nc2cccc(C)c2)cc1. The van der Waals surface area contributed by atoms with Crippen LogP contribution in [-0.4, -0.2) is 24.3 Å². The van der Waals surface area contributed by atoms with Gasteiger partial charge in [-0.2, -0.15) is 0 Å². The number of anilines is 4. The van der Waals surface area contributed by atoms with Crippen LogP contribution in [-0.2, 0) is 14.8 Å². The fraction of sp³-hybridized carbons (Fsp3) is 0.0870. The van der Waals surface area contributed by atoms with Crippen molar-refractivity contribution < 1.29 is 13.2 Å². The van der Waals surface area contributed by atoms with Crippen molar-refractivity contribution in [2.24, 2.45) is 0 Å². The summed E-state index contributed by atoms with van der Waals surface area (Å²) in [5.74, 6) is 0.126. The lowest BCUT2D eigenvalue weighted by Crippen LogP contribution is -2.16. The van der Waals surface area contributed by atoms with Crippen LogP contribution in [0.15, 0.2) is 77.7 Å². The number of nitrogens with one attached hydrogen (secondary N) is 3. The number of sulfonamides is 1. The first-order chi connectivity index (χ1) is 15.3. The lowest BCUT2D eigenvalue weighted by Gasteiger charge is -2.14. The quantitative estimate of drug-likeness (QED) is 0.403. The predicted molar refractivity (Wildman–Crippen MR) is 126 cm³/mol. The van der Waals surface area contributed by atoms with Crippen molar-refractivity contribution in [1.82, 2.24) is 9.97 Å². The van der Waals surface area contributed by atoms with Crippen LogP contribution in [0.1, 0.15) is 12.5 Å². The summed E-state index contributed by atoms with van der Waals surface area (Å²) < 4.78 is 28.6. The summed E-state index contributed by atoms with van der Waals surface area (Å²) in [5, 5.41) is 5.77. The van der Waals surface area contributed by atoms with Gasteiger partial charge in [-0.1, -0.05) is 24.3 Å². The van der Waals surface area contributed by atoms with Crippen molar-refractivity contribution >= 4 is 50.0 Å². The monoisotopic (exact) mass is 447 g/mol. The van der Waals surface area contributed by atoms with E-state index < -0.39 is 10.0 Å². The Morgan fingerprint density at radius 3 is 2.09 bits per heavy atom. The molecule has 0 atom stereocenters. The third-order valence-corrected chi connectivity index (χ3v) is 5.92. The van der Waals surface area contributed by atoms with Gasteiger partial charge in [0.1, 0.15) is 0 Å². The molecule has 162 valence electrons. The average molecular weight is 448 g/mol. The van der Waals surface area contributed by atoms with Crippen LogP contribution >= 0.6 is 0 Å². The Balaban J connectivity index is 1.71. The fourth-order valence-electron chi connectivity index (χ4n) is 3.12. The number of aryl methyl sites for hydroxylation is 1. The molecule has 8 nitrogen and oxygen atoms in total. The Hall–Kier alpha value is -3.98. The van der Waals surface area contributed by atoms with Crippen molar-refractivity contribution in [2.45, 2.75) is 18.7 Å². The Bertz CT molecular complexity index is 1400. The number of carbonyl (C=O) groups excluding carboxylic acids is 1. The Labute approximate surface area is 185 Å². The number of hydrogen-bond acceptors (Lipinski definition) is 6. The largest absolute Gasteiger partial charge is 0.337 e. The van der Waals surface area contributed by atoms with Gasteiger partial charge in [-0.3, -0.25) is 9.52 Å². The van der Waals surface area contributed by atoms with E-state index in [-0.39, 0.29) is 22.4 Å². The van der Waals surface area contributed by atoms with Gasteiger partial charge in [0, 0.05) is 18.3 Å². The van der Waals surface area contributed by atoms with Crippen LogP contribution in [0.4, 0.5) is 23.0 Å². The molecule has 0 fully saturated rings. The number of para-hydroxylation sites is 2. The number of carbonyl (C=O) groups is 1. The molecule has 0 saturated carbocycles. The second-order valence-corrected chi connectivity index (χ2v) is 8.90. The number of aromatic nitrogens is 2. The van der Waals surface area contributed by atoms with Crippen LogP contribution in [0.25, 0.3) is 11.0 Å². The summed E-state index contributed by atoms with van der Waals surface area (Å²) >= 11 is 0. The Kier molecular flexibility index (Phi) is 5.74. The summed E-state index contributed by atoms with van der Waals surface area (Å²) in [6.45, 7) is 3.35. The van der Waals surface area contributed by atoms with E-state index in [9.17, 15) is 13.2 Å². The van der Waals surface area contributed by atoms with Gasteiger partial charge >= 0.3 is 0 Å². The molecule has 0 unspecified atom stereocenters. The van der Waals surface area contributed by atoms with E-state index in [4.69, 9.17) is 0 Å². The van der Waals surface area contributed by atoms with Gasteiger partial charge in [-0.15, -0.1) is 0 Å². The molecule has 3 aromatic carbocycles. The van der Waals surface area contributed by atoms with Crippen molar-refractivity contribution in [1.29, 1.82) is 0 Å². The number of rotatable bonds is 6. The third kappa shape index (κ3) is 4.84. The zero-order valence-electron chi connectivity index (χ0n) is 17.5. The van der Waals surface area contributed by atoms with Gasteiger partial charge in [-0.25, -0.2) is 18.4 Å². The molecule has 32 heavy (non-hydrogen) atoms. The van der Waals surface area contributed by atoms with Crippen molar-refractivity contribution in [3.63, 3.8) is 0 Å². The van der Waals surface area contributed by atoms with Crippen molar-refractivity contribution in [2.75, 3.05) is 15.4 Å². The molecule has 0 aliphatic rings. The van der Waals surface area contributed by atoms with Crippen LogP contribution < -0.4 is 15.4 Å². The standard InChI is InChI=1S/C23H21N5O3S/c1-15-6-5-7-18(14-15)25-22-23(27-21-9-4-3-8-20(21)26-22)28-32(30,31)19-12-10-17(11-13-19)24-16(2)29/h3-14H,1-2H3,(H,24,29)(H,25,26)(H,27,28). The van der Waals surface area contributed by atoms with Crippen LogP contribution in [0.3, 0.4) is 0 Å². The highest BCUT2D eigenvalue weighted by Crippen LogP contribution is 2.27. The van der Waals surface area contributed by atoms with Gasteiger partial charge in [0.15, 0.2) is 11.6 Å². The predicted octanol–water partition coefficient (Wildman–Crippen LogP) is 4.44. The Morgan fingerprint density at radius 1 is 0.812 bits per heavy atom. The summed E-state index contributed by atoms with van der Waals surface area (Å²) in [6, 6.07) is 20.7. The van der Waals surface area contributed by atoms with Crippen LogP contribution in [0.5, 0.6) is 0 Å². The van der Waals surface area contributed by atoms with Crippen LogP contribution in [0.2, 0.25) is 0 Å². The van der Waals surface area contributed by atoms with E-state index in [0.717, 1.165) is 11.3 Å². The second kappa shape index (κ2) is 8.64. The summed E-state index contributed by atoms with van der Waals surface area (Å²) in [5.41, 5.74) is 3.50. The molecule has 1 heterocycles. The van der Waals surface area contributed by atoms with Gasteiger partial charge in [-0.05, 0) is 61.0 Å². The lowest BCUT2D eigenvalue weighted by molar-refractivity contribution is -0.114. The highest BCUT2D eigenvalue weighted by atomic mass is 32.2. The topological polar surface area (TPSA) is 113 Å². The molecular formula is C23H21N5O3S. The van der Waals surface area contributed by atoms with Crippen molar-refractivity contribution in [3.05, 3.63) is 78.4 Å². The number of benzene rings is 3. The zero-order valence-corrected chi connectivity index (χ0v) is 18.3. The van der Waals surface area contributed by atoms with Crippen molar-refractivity contribution in [3.8, 4) is 0 Å². The number of fused-ring (bicyclic) bond motifs is 1. The summed E-state index contributed by atoms with van der Waals surface area (Å²) in [7, 11) is -3.96. The summed E-state index contributed by atoms with van der Waals surface area (Å²) in [6.07, 6.45) is 0. The normalized spacial score (nSPS) is 11.2. The molecule has 0 aliphatic heterocycles. The van der Waals surface area contributed by atoms with Gasteiger partial charge < -0.3 is 10.6 Å². The highest BCUT2D eigenvalue weighted by molar-refractivity contribution is 7.92. The molecule has 0 aliphatic carbocycles. The van der Waals surface area contributed by atoms with Gasteiger partial charge in [0.05, 0.1) is 15.9 Å². The molecule has 1 aromatic heterocycles. The fourth-order valence-corrected chi connectivity index (χ4v) is 4.13. The van der Waals surface area contributed by atoms with Gasteiger partial charge in [0.25, 0.3) is 10.0 Å². The maximum Gasteiger partial charge on any atom is 0.263 e. The molecule has 4 aromatic rings. The molecule has 0 bridgehead atoms. The molecule has 0 saturated heterocycles. The average Bonchev–Trinajstić information content (AvgIpc) is 2.74. The first-order valence-electron chi connectivity index (χ1n) is 9.81. The molecule has 0 radical (unpaired) electrons. The van der Waals surface area contributed by atoms with Crippen LogP contribution in [0, 0.1) is 6.92 Å². The van der Waals surface area contributed by atoms with E-state index in [2.05, 4.69) is 25.3 Å². The zero-order chi connectivity index (χ0) is 22.7. The van der Waals surface area contributed by atoms with E-state index in [1.807, 2.05) is 49.4 Å². The highest BCUT2D eigenvalue weighted by Gasteiger charge is 2.19. The molecule has 1 amide bonds. The molecule has 9 heteroatoms. The van der Waals surface area contributed by atoms with E-state index in [1.54, 1.807) is 6.07 Å². The molecule has 0 spiro atoms. The van der Waals surface area contributed by atoms with E-state index >= 15 is 0 Å². The second-order valence-electron chi connectivity index (χ2n) is 7.22. The minimum atomic E-state index is -3.96. The maximum absolute atomic E-state index is 13.0. The number of nitrogens with zero attached hydrogens (tertiary/aromatic N) is 2. The smallest absolute Gasteiger partial charge is 0.263 e. The first kappa shape index (κ1) is 21.3. The maximum atomic E-state index is 13.0. The van der Waals surface area contributed by atoms with E-state index in [1.165, 1.54) is 31.2 Å². The molecule has 3 N–H and O–H groups in total. The minimum absolute atomic E-state index is 0.0306.